The molecule has 0 aromatic carbocycles. The van der Waals surface area contributed by atoms with Crippen molar-refractivity contribution in [2.75, 3.05) is 0 Å². The molecule has 0 saturated carbocycles. The molecule has 3 N–H and O–H groups in total. The average molecular weight is 310 g/mol. The second kappa shape index (κ2) is 5.21. The van der Waals surface area contributed by atoms with Crippen LogP contribution < -0.4 is 10.9 Å². The highest BCUT2D eigenvalue weighted by Crippen LogP contribution is 2.33. The molecule has 8 heteroatoms. The Morgan fingerprint density at radius 1 is 1.43 bits per heavy atom. The van der Waals surface area contributed by atoms with Crippen molar-refractivity contribution in [3.63, 3.8) is 0 Å². The van der Waals surface area contributed by atoms with E-state index < -0.39 is 34.8 Å². The molecule has 21 heavy (non-hydrogen) atoms. The number of thiophene rings is 1. The predicted molar refractivity (Wildman–Crippen MR) is 78.0 cm³/mol. The van der Waals surface area contributed by atoms with Crippen molar-refractivity contribution in [2.45, 2.75) is 19.9 Å². The number of hydrogen-bond acceptors (Lipinski definition) is 5. The normalized spacial score (nSPS) is 12.3. The third kappa shape index (κ3) is 2.38. The van der Waals surface area contributed by atoms with Gasteiger partial charge in [0, 0.05) is 7.05 Å². The van der Waals surface area contributed by atoms with Crippen LogP contribution in [0.2, 0.25) is 0 Å². The summed E-state index contributed by atoms with van der Waals surface area (Å²) in [6.07, 6.45) is 0. The van der Waals surface area contributed by atoms with E-state index in [2.05, 4.69) is 5.32 Å². The molecule has 0 radical (unpaired) electrons. The number of carbonyl (C=O) groups excluding carboxylic acids is 1. The van der Waals surface area contributed by atoms with Gasteiger partial charge in [-0.3, -0.25) is 14.4 Å². The maximum absolute atomic E-state index is 12.2. The first-order valence-corrected chi connectivity index (χ1v) is 6.97. The summed E-state index contributed by atoms with van der Waals surface area (Å²) in [5.74, 6) is -2.55. The number of aromatic nitrogens is 1. The molecule has 0 spiro atoms. The zero-order chi connectivity index (χ0) is 15.9. The van der Waals surface area contributed by atoms with Crippen LogP contribution >= 0.6 is 11.3 Å². The lowest BCUT2D eigenvalue weighted by Gasteiger charge is -2.12. The highest BCUT2D eigenvalue weighted by molar-refractivity contribution is 7.17. The van der Waals surface area contributed by atoms with Crippen molar-refractivity contribution in [1.82, 2.24) is 9.88 Å². The summed E-state index contributed by atoms with van der Waals surface area (Å²) >= 11 is 1.21. The molecule has 0 fully saturated rings. The second-order valence-corrected chi connectivity index (χ2v) is 5.60. The van der Waals surface area contributed by atoms with E-state index in [1.807, 2.05) is 0 Å². The Kier molecular flexibility index (Phi) is 3.73. The van der Waals surface area contributed by atoms with E-state index in [0.29, 0.717) is 10.2 Å². The summed E-state index contributed by atoms with van der Waals surface area (Å²) in [4.78, 5) is 35.1. The zero-order valence-electron chi connectivity index (χ0n) is 11.6. The summed E-state index contributed by atoms with van der Waals surface area (Å²) < 4.78 is 1.70. The van der Waals surface area contributed by atoms with Crippen LogP contribution in [-0.4, -0.2) is 32.7 Å². The van der Waals surface area contributed by atoms with Gasteiger partial charge < -0.3 is 20.1 Å². The zero-order valence-corrected chi connectivity index (χ0v) is 12.4. The molecule has 0 aliphatic carbocycles. The number of carboxylic acids is 1. The monoisotopic (exact) mass is 310 g/mol. The lowest BCUT2D eigenvalue weighted by molar-refractivity contribution is -0.138. The number of rotatable bonds is 3. The molecule has 2 heterocycles. The van der Waals surface area contributed by atoms with Gasteiger partial charge in [0.2, 0.25) is 0 Å². The smallest absolute Gasteiger partial charge is 0.325 e. The van der Waals surface area contributed by atoms with Crippen LogP contribution in [0.3, 0.4) is 0 Å². The third-order valence-electron chi connectivity index (χ3n) is 3.19. The molecule has 1 atom stereocenters. The minimum Gasteiger partial charge on any atom is -0.505 e. The molecule has 0 aliphatic heterocycles. The number of aliphatic carboxylic acids is 1. The summed E-state index contributed by atoms with van der Waals surface area (Å²) in [5, 5.41) is 22.9. The minimum atomic E-state index is -1.23. The van der Waals surface area contributed by atoms with Gasteiger partial charge in [-0.25, -0.2) is 0 Å². The van der Waals surface area contributed by atoms with Crippen molar-refractivity contribution in [3.05, 3.63) is 26.9 Å². The van der Waals surface area contributed by atoms with Crippen molar-refractivity contribution in [3.8, 4) is 5.75 Å². The lowest BCUT2D eigenvalue weighted by atomic mass is 10.1. The molecular formula is C13H14N2O5S. The van der Waals surface area contributed by atoms with Crippen LogP contribution in [0, 0.1) is 6.92 Å². The van der Waals surface area contributed by atoms with E-state index in [0.717, 1.165) is 5.56 Å². The van der Waals surface area contributed by atoms with Crippen LogP contribution in [0.5, 0.6) is 5.75 Å². The van der Waals surface area contributed by atoms with Crippen LogP contribution in [0.1, 0.15) is 22.8 Å². The number of pyridine rings is 1. The van der Waals surface area contributed by atoms with E-state index in [4.69, 9.17) is 5.11 Å². The standard InChI is InChI=1S/C13H14N2O5S/c1-5-4-21-10-8(5)15(3)12(18)7(9(10)16)11(17)14-6(2)13(19)20/h4,6,16H,1-3H3,(H,14,17)(H,19,20). The number of hydrogen-bond donors (Lipinski definition) is 3. The fraction of sp³-hybridized carbons (Fsp3) is 0.308. The Balaban J connectivity index is 2.62. The fourth-order valence-corrected chi connectivity index (χ4v) is 3.07. The Bertz CT molecular complexity index is 805. The van der Waals surface area contributed by atoms with Crippen molar-refractivity contribution in [2.24, 2.45) is 7.05 Å². The van der Waals surface area contributed by atoms with Gasteiger partial charge >= 0.3 is 5.97 Å². The van der Waals surface area contributed by atoms with Crippen molar-refractivity contribution >= 4 is 33.4 Å². The molecule has 112 valence electrons. The van der Waals surface area contributed by atoms with Gasteiger partial charge in [-0.15, -0.1) is 11.3 Å². The number of amides is 1. The largest absolute Gasteiger partial charge is 0.505 e. The second-order valence-electron chi connectivity index (χ2n) is 4.72. The van der Waals surface area contributed by atoms with E-state index >= 15 is 0 Å². The van der Waals surface area contributed by atoms with Gasteiger partial charge in [0.25, 0.3) is 11.5 Å². The fourth-order valence-electron chi connectivity index (χ4n) is 2.04. The third-order valence-corrected chi connectivity index (χ3v) is 4.29. The van der Waals surface area contributed by atoms with Crippen molar-refractivity contribution in [1.29, 1.82) is 0 Å². The van der Waals surface area contributed by atoms with Crippen LogP contribution in [0.25, 0.3) is 10.2 Å². The molecule has 2 aromatic rings. The van der Waals surface area contributed by atoms with Gasteiger partial charge in [-0.1, -0.05) is 0 Å². The molecule has 1 unspecified atom stereocenters. The van der Waals surface area contributed by atoms with Gasteiger partial charge in [-0.2, -0.15) is 0 Å². The summed E-state index contributed by atoms with van der Waals surface area (Å²) in [6.45, 7) is 3.07. The van der Waals surface area contributed by atoms with E-state index in [-0.39, 0.29) is 0 Å². The molecule has 0 bridgehead atoms. The Labute approximate surface area is 123 Å². The first kappa shape index (κ1) is 15.0. The summed E-state index contributed by atoms with van der Waals surface area (Å²) in [7, 11) is 1.50. The number of carboxylic acid groups (broad SMARTS) is 1. The molecule has 2 aromatic heterocycles. The Morgan fingerprint density at radius 3 is 2.62 bits per heavy atom. The first-order chi connectivity index (χ1) is 9.75. The number of aryl methyl sites for hydroxylation is 2. The van der Waals surface area contributed by atoms with Gasteiger partial charge in [0.05, 0.1) is 10.2 Å². The summed E-state index contributed by atoms with van der Waals surface area (Å²) in [6, 6.07) is -1.16. The van der Waals surface area contributed by atoms with Crippen LogP contribution in [-0.2, 0) is 11.8 Å². The number of nitrogens with zero attached hydrogens (tertiary/aromatic N) is 1. The Morgan fingerprint density at radius 2 is 2.05 bits per heavy atom. The highest BCUT2D eigenvalue weighted by Gasteiger charge is 2.25. The highest BCUT2D eigenvalue weighted by atomic mass is 32.1. The topological polar surface area (TPSA) is 109 Å². The SMILES string of the molecule is Cc1csc2c(O)c(C(=O)NC(C)C(=O)O)c(=O)n(C)c12. The molecule has 1 amide bonds. The maximum atomic E-state index is 12.2. The molecule has 0 aliphatic rings. The van der Waals surface area contributed by atoms with E-state index in [1.165, 1.54) is 29.9 Å². The molecule has 0 saturated heterocycles. The molecule has 7 nitrogen and oxygen atoms in total. The quantitative estimate of drug-likeness (QED) is 0.777. The predicted octanol–water partition coefficient (Wildman–Crippen LogP) is 0.817. The molecular weight excluding hydrogens is 296 g/mol. The Hall–Kier alpha value is -2.35. The first-order valence-electron chi connectivity index (χ1n) is 6.09. The van der Waals surface area contributed by atoms with Crippen LogP contribution in [0.15, 0.2) is 10.2 Å². The number of carbonyl (C=O) groups is 2. The maximum Gasteiger partial charge on any atom is 0.325 e. The minimum absolute atomic E-state index is 0.415. The number of fused-ring (bicyclic) bond motifs is 1. The average Bonchev–Trinajstić information content (AvgIpc) is 2.78. The molecule has 2 rings (SSSR count). The van der Waals surface area contributed by atoms with Crippen LogP contribution in [0.4, 0.5) is 0 Å². The van der Waals surface area contributed by atoms with E-state index in [9.17, 15) is 19.5 Å². The van der Waals surface area contributed by atoms with E-state index in [1.54, 1.807) is 12.3 Å². The van der Waals surface area contributed by atoms with Gasteiger partial charge in [0.1, 0.15) is 11.6 Å². The van der Waals surface area contributed by atoms with Crippen molar-refractivity contribution < 1.29 is 19.8 Å². The van der Waals surface area contributed by atoms with Gasteiger partial charge in [-0.05, 0) is 24.8 Å². The number of aromatic hydroxyl groups is 1. The van der Waals surface area contributed by atoms with Gasteiger partial charge in [0.15, 0.2) is 5.75 Å². The number of nitrogens with one attached hydrogen (secondary N) is 1. The lowest BCUT2D eigenvalue weighted by Crippen LogP contribution is -2.41. The summed E-state index contributed by atoms with van der Waals surface area (Å²) in [5.41, 5.74) is 0.262.